The van der Waals surface area contributed by atoms with Crippen molar-refractivity contribution in [1.82, 2.24) is 21.3 Å². The van der Waals surface area contributed by atoms with Gasteiger partial charge in [0.15, 0.2) is 0 Å². The van der Waals surface area contributed by atoms with Gasteiger partial charge < -0.3 is 26.0 Å². The van der Waals surface area contributed by atoms with Gasteiger partial charge in [-0.3, -0.25) is 4.79 Å². The fraction of sp³-hybridized carbons (Fsp3) is 0.786. The molecule has 2 amide bonds. The predicted molar refractivity (Wildman–Crippen MR) is 151 cm³/mol. The molecule has 1 unspecified atom stereocenters. The zero-order valence-electron chi connectivity index (χ0n) is 24.8. The first-order valence-corrected chi connectivity index (χ1v) is 13.8. The number of nitrogens with one attached hydrogen (secondary N) is 4. The first-order valence-electron chi connectivity index (χ1n) is 13.8. The fourth-order valence-electron chi connectivity index (χ4n) is 2.99. The molecule has 0 fully saturated rings. The number of hydrogen-bond donors (Lipinski definition) is 4. The Labute approximate surface area is 217 Å². The van der Waals surface area contributed by atoms with E-state index in [9.17, 15) is 9.59 Å². The van der Waals surface area contributed by atoms with Crippen LogP contribution in [-0.4, -0.2) is 43.3 Å². The van der Waals surface area contributed by atoms with Crippen molar-refractivity contribution in [2.24, 2.45) is 0 Å². The van der Waals surface area contributed by atoms with Crippen molar-refractivity contribution in [3.05, 3.63) is 23.5 Å². The second kappa shape index (κ2) is 24.9. The first-order chi connectivity index (χ1) is 16.7. The molecule has 7 nitrogen and oxygen atoms in total. The summed E-state index contributed by atoms with van der Waals surface area (Å²) < 4.78 is 5.26. The third-order valence-electron chi connectivity index (χ3n) is 4.43. The Morgan fingerprint density at radius 1 is 0.800 bits per heavy atom. The van der Waals surface area contributed by atoms with Gasteiger partial charge in [-0.15, -0.1) is 0 Å². The zero-order chi connectivity index (χ0) is 27.7. The van der Waals surface area contributed by atoms with Crippen molar-refractivity contribution in [3.8, 4) is 0 Å². The molecule has 1 atom stereocenters. The lowest BCUT2D eigenvalue weighted by molar-refractivity contribution is -0.121. The fourth-order valence-corrected chi connectivity index (χ4v) is 2.99. The van der Waals surface area contributed by atoms with Crippen LogP contribution >= 0.6 is 0 Å². The molecule has 4 N–H and O–H groups in total. The molecule has 0 aromatic heterocycles. The monoisotopic (exact) mass is 498 g/mol. The van der Waals surface area contributed by atoms with Crippen molar-refractivity contribution >= 4 is 12.0 Å². The minimum atomic E-state index is -0.516. The minimum Gasteiger partial charge on any atom is -0.444 e. The second-order valence-electron chi connectivity index (χ2n) is 8.46. The van der Waals surface area contributed by atoms with Crippen LogP contribution in [0.5, 0.6) is 0 Å². The highest BCUT2D eigenvalue weighted by Gasteiger charge is 2.17. The van der Waals surface area contributed by atoms with E-state index in [1.54, 1.807) is 0 Å². The van der Waals surface area contributed by atoms with Gasteiger partial charge in [-0.1, -0.05) is 67.5 Å². The van der Waals surface area contributed by atoms with E-state index in [4.69, 9.17) is 4.74 Å². The number of carbonyl (C=O) groups excluding carboxylic acids is 2. The van der Waals surface area contributed by atoms with Gasteiger partial charge >= 0.3 is 6.09 Å². The molecule has 0 aliphatic rings. The Morgan fingerprint density at radius 2 is 1.37 bits per heavy atom. The molecule has 208 valence electrons. The van der Waals surface area contributed by atoms with Crippen LogP contribution in [0.1, 0.15) is 115 Å². The number of rotatable bonds is 15. The van der Waals surface area contributed by atoms with Gasteiger partial charge in [0.05, 0.1) is 6.04 Å². The molecular weight excluding hydrogens is 440 g/mol. The van der Waals surface area contributed by atoms with Crippen LogP contribution < -0.4 is 21.3 Å². The van der Waals surface area contributed by atoms with Crippen molar-refractivity contribution in [2.75, 3.05) is 19.6 Å². The lowest BCUT2D eigenvalue weighted by atomic mass is 10.1. The summed E-state index contributed by atoms with van der Waals surface area (Å²) in [5.41, 5.74) is 1.75. The minimum absolute atomic E-state index is 0.0359. The highest BCUT2D eigenvalue weighted by molar-refractivity contribution is 5.76. The van der Waals surface area contributed by atoms with Gasteiger partial charge in [0, 0.05) is 37.4 Å². The van der Waals surface area contributed by atoms with Crippen molar-refractivity contribution < 1.29 is 14.3 Å². The first kappa shape index (κ1) is 37.4. The van der Waals surface area contributed by atoms with Crippen molar-refractivity contribution in [1.29, 1.82) is 0 Å². The van der Waals surface area contributed by atoms with Crippen molar-refractivity contribution in [3.63, 3.8) is 0 Å². The zero-order valence-corrected chi connectivity index (χ0v) is 24.8. The molecule has 0 bridgehead atoms. The maximum atomic E-state index is 12.1. The number of ether oxygens (including phenoxy) is 1. The number of amides is 2. The summed E-state index contributed by atoms with van der Waals surface area (Å²) >= 11 is 0. The van der Waals surface area contributed by atoms with E-state index in [0.717, 1.165) is 44.3 Å². The smallest absolute Gasteiger partial charge is 0.407 e. The summed E-state index contributed by atoms with van der Waals surface area (Å²) in [6.07, 6.45) is 9.00. The van der Waals surface area contributed by atoms with Crippen molar-refractivity contribution in [2.45, 2.75) is 126 Å². The van der Waals surface area contributed by atoms with Crippen LogP contribution in [0.25, 0.3) is 0 Å². The van der Waals surface area contributed by atoms with E-state index in [0.29, 0.717) is 19.5 Å². The molecule has 0 heterocycles. The third kappa shape index (κ3) is 23.3. The van der Waals surface area contributed by atoms with Crippen LogP contribution in [-0.2, 0) is 9.53 Å². The quantitative estimate of drug-likeness (QED) is 0.196. The average molecular weight is 499 g/mol. The van der Waals surface area contributed by atoms with Crippen LogP contribution in [0.4, 0.5) is 4.79 Å². The van der Waals surface area contributed by atoms with E-state index in [1.807, 2.05) is 55.4 Å². The molecule has 0 rings (SSSR count). The molecule has 0 spiro atoms. The Kier molecular flexibility index (Phi) is 26.6. The Bertz CT molecular complexity index is 581. The molecule has 0 aliphatic carbocycles. The topological polar surface area (TPSA) is 91.5 Å². The maximum absolute atomic E-state index is 12.1. The van der Waals surface area contributed by atoms with Gasteiger partial charge in [-0.25, -0.2) is 4.79 Å². The third-order valence-corrected chi connectivity index (χ3v) is 4.43. The number of allylic oxidation sites excluding steroid dienone is 3. The molecule has 35 heavy (non-hydrogen) atoms. The molecule has 0 aromatic rings. The molecule has 0 aromatic carbocycles. The average Bonchev–Trinajstić information content (AvgIpc) is 2.83. The van der Waals surface area contributed by atoms with E-state index in [2.05, 4.69) is 54.2 Å². The second-order valence-corrected chi connectivity index (χ2v) is 8.46. The van der Waals surface area contributed by atoms with Gasteiger partial charge in [0.1, 0.15) is 5.60 Å². The number of carbonyl (C=O) groups is 2. The maximum Gasteiger partial charge on any atom is 0.407 e. The Morgan fingerprint density at radius 3 is 1.86 bits per heavy atom. The SMILES string of the molecule is CC.CC.CC/C=C(\CC)NCCCC(NC(=O)CC)/C(=C\CC)NCCNC(=O)OC(C)(C)C. The molecule has 0 aliphatic heterocycles. The summed E-state index contributed by atoms with van der Waals surface area (Å²) in [5, 5.41) is 12.8. The van der Waals surface area contributed by atoms with Crippen LogP contribution in [0.3, 0.4) is 0 Å². The summed E-state index contributed by atoms with van der Waals surface area (Å²) in [5.74, 6) is 0.0359. The predicted octanol–water partition coefficient (Wildman–Crippen LogP) is 6.42. The normalized spacial score (nSPS) is 12.2. The summed E-state index contributed by atoms with van der Waals surface area (Å²) in [6, 6.07) is -0.0732. The summed E-state index contributed by atoms with van der Waals surface area (Å²) in [6.45, 7) is 23.6. The summed E-state index contributed by atoms with van der Waals surface area (Å²) in [7, 11) is 0. The summed E-state index contributed by atoms with van der Waals surface area (Å²) in [4.78, 5) is 23.9. The molecule has 0 saturated heterocycles. The standard InChI is InChI=1S/C24H46N4O3.2C2H6/c1-8-13-19(10-3)25-16-12-15-21(28-22(29)11-4)20(14-9-2)26-17-18-27-23(30)31-24(5,6)7;2*1-2/h13-14,21,25-26H,8-12,15-18H2,1-7H3,(H,27,30)(H,28,29);2*1-2H3/b19-13+,20-14+;;. The van der Waals surface area contributed by atoms with Gasteiger partial charge in [-0.2, -0.15) is 0 Å². The van der Waals surface area contributed by atoms with E-state index in [-0.39, 0.29) is 11.9 Å². The Balaban J connectivity index is -0.00000242. The highest BCUT2D eigenvalue weighted by Crippen LogP contribution is 2.09. The number of alkyl carbamates (subject to hydrolysis) is 1. The molecule has 7 heteroatoms. The Hall–Kier alpha value is -2.18. The lowest BCUT2D eigenvalue weighted by Gasteiger charge is -2.24. The van der Waals surface area contributed by atoms with Gasteiger partial charge in [0.2, 0.25) is 5.91 Å². The van der Waals surface area contributed by atoms with Crippen LogP contribution in [0.2, 0.25) is 0 Å². The van der Waals surface area contributed by atoms with E-state index < -0.39 is 11.7 Å². The highest BCUT2D eigenvalue weighted by atomic mass is 16.6. The molecule has 0 saturated carbocycles. The molecule has 0 radical (unpaired) electrons. The number of hydrogen-bond acceptors (Lipinski definition) is 5. The molecular formula is C28H58N4O3. The lowest BCUT2D eigenvalue weighted by Crippen LogP contribution is -2.42. The largest absolute Gasteiger partial charge is 0.444 e. The van der Waals surface area contributed by atoms with Gasteiger partial charge in [-0.05, 0) is 52.9 Å². The van der Waals surface area contributed by atoms with E-state index >= 15 is 0 Å². The van der Waals surface area contributed by atoms with Crippen LogP contribution in [0.15, 0.2) is 23.5 Å². The van der Waals surface area contributed by atoms with E-state index in [1.165, 1.54) is 5.70 Å². The van der Waals surface area contributed by atoms with Gasteiger partial charge in [0.25, 0.3) is 0 Å². The van der Waals surface area contributed by atoms with Crippen LogP contribution in [0, 0.1) is 0 Å².